The van der Waals surface area contributed by atoms with Crippen LogP contribution in [0, 0.1) is 12.3 Å². The number of hydrogen-bond acceptors (Lipinski definition) is 2. The molecule has 1 unspecified atom stereocenters. The van der Waals surface area contributed by atoms with Gasteiger partial charge in [-0.2, -0.15) is 0 Å². The average molecular weight is 212 g/mol. The first kappa shape index (κ1) is 13.3. The van der Waals surface area contributed by atoms with Crippen LogP contribution in [0.25, 0.3) is 0 Å². The maximum atomic E-state index is 11.4. The van der Waals surface area contributed by atoms with Gasteiger partial charge in [0.1, 0.15) is 6.54 Å². The van der Waals surface area contributed by atoms with Crippen LogP contribution >= 0.6 is 0 Å². The van der Waals surface area contributed by atoms with Crippen LogP contribution in [0.1, 0.15) is 19.8 Å². The van der Waals surface area contributed by atoms with Crippen molar-refractivity contribution < 1.29 is 14.7 Å². The molecule has 0 rings (SSSR count). The summed E-state index contributed by atoms with van der Waals surface area (Å²) in [6.07, 6.45) is 6.30. The Morgan fingerprint density at radius 2 is 2.20 bits per heavy atom. The van der Waals surface area contributed by atoms with Crippen LogP contribution in [-0.4, -0.2) is 41.6 Å². The van der Waals surface area contributed by atoms with Crippen molar-refractivity contribution in [3.8, 4) is 12.3 Å². The van der Waals surface area contributed by atoms with Crippen LogP contribution in [0.3, 0.4) is 0 Å². The minimum Gasteiger partial charge on any atom is -0.480 e. The van der Waals surface area contributed by atoms with Crippen molar-refractivity contribution in [3.05, 3.63) is 0 Å². The Morgan fingerprint density at radius 3 is 2.60 bits per heavy atom. The van der Waals surface area contributed by atoms with Crippen LogP contribution in [0.15, 0.2) is 0 Å². The zero-order chi connectivity index (χ0) is 11.8. The lowest BCUT2D eigenvalue weighted by molar-refractivity contribution is -0.137. The van der Waals surface area contributed by atoms with Crippen molar-refractivity contribution in [2.75, 3.05) is 13.6 Å². The highest BCUT2D eigenvalue weighted by Gasteiger charge is 2.14. The topological polar surface area (TPSA) is 69.6 Å². The first-order chi connectivity index (χ1) is 7.01. The van der Waals surface area contributed by atoms with E-state index in [4.69, 9.17) is 11.5 Å². The molecule has 15 heavy (non-hydrogen) atoms. The van der Waals surface area contributed by atoms with Gasteiger partial charge in [-0.05, 0) is 6.42 Å². The molecule has 2 amide bonds. The molecule has 0 aromatic rings. The Labute approximate surface area is 89.4 Å². The van der Waals surface area contributed by atoms with E-state index >= 15 is 0 Å². The van der Waals surface area contributed by atoms with Gasteiger partial charge in [0, 0.05) is 19.5 Å². The molecule has 0 spiro atoms. The third-order valence-electron chi connectivity index (χ3n) is 1.90. The molecule has 2 N–H and O–H groups in total. The number of carboxylic acid groups (broad SMARTS) is 1. The molecule has 0 radical (unpaired) electrons. The minimum absolute atomic E-state index is 0.0984. The van der Waals surface area contributed by atoms with Crippen LogP contribution < -0.4 is 5.32 Å². The summed E-state index contributed by atoms with van der Waals surface area (Å²) in [5, 5.41) is 11.1. The fourth-order valence-electron chi connectivity index (χ4n) is 0.999. The zero-order valence-corrected chi connectivity index (χ0v) is 8.99. The van der Waals surface area contributed by atoms with Gasteiger partial charge in [0.25, 0.3) is 0 Å². The molecule has 0 aliphatic heterocycles. The molecule has 0 bridgehead atoms. The molecule has 0 aromatic heterocycles. The fourth-order valence-corrected chi connectivity index (χ4v) is 0.999. The van der Waals surface area contributed by atoms with E-state index in [1.807, 2.05) is 6.92 Å². The number of hydrogen-bond donors (Lipinski definition) is 2. The molecule has 0 saturated heterocycles. The van der Waals surface area contributed by atoms with Crippen LogP contribution in [0.5, 0.6) is 0 Å². The summed E-state index contributed by atoms with van der Waals surface area (Å²) in [7, 11) is 1.42. The maximum absolute atomic E-state index is 11.4. The number of terminal acetylenes is 1. The Kier molecular flexibility index (Phi) is 5.95. The van der Waals surface area contributed by atoms with Crippen molar-refractivity contribution in [3.63, 3.8) is 0 Å². The lowest BCUT2D eigenvalue weighted by Gasteiger charge is -2.20. The van der Waals surface area contributed by atoms with E-state index in [1.165, 1.54) is 7.05 Å². The van der Waals surface area contributed by atoms with Gasteiger partial charge in [0.15, 0.2) is 0 Å². The highest BCUT2D eigenvalue weighted by molar-refractivity contribution is 5.79. The number of nitrogens with one attached hydrogen (secondary N) is 1. The third kappa shape index (κ3) is 5.57. The van der Waals surface area contributed by atoms with Crippen molar-refractivity contribution >= 4 is 12.0 Å². The zero-order valence-electron chi connectivity index (χ0n) is 8.99. The first-order valence-corrected chi connectivity index (χ1v) is 4.68. The second-order valence-corrected chi connectivity index (χ2v) is 3.21. The van der Waals surface area contributed by atoms with E-state index in [1.54, 1.807) is 0 Å². The number of carboxylic acids is 1. The van der Waals surface area contributed by atoms with Gasteiger partial charge < -0.3 is 15.3 Å². The second kappa shape index (κ2) is 6.71. The summed E-state index contributed by atoms with van der Waals surface area (Å²) in [5.74, 6) is 1.41. The highest BCUT2D eigenvalue weighted by Crippen LogP contribution is 1.97. The van der Waals surface area contributed by atoms with Gasteiger partial charge in [-0.1, -0.05) is 6.92 Å². The summed E-state index contributed by atoms with van der Waals surface area (Å²) in [4.78, 5) is 22.8. The standard InChI is InChI=1S/C10H16N2O3/c1-4-6-8(5-2)11-10(15)12(3)7-9(13)14/h1,8H,5-7H2,2-3H3,(H,11,15)(H,13,14). The van der Waals surface area contributed by atoms with Gasteiger partial charge in [-0.3, -0.25) is 4.79 Å². The van der Waals surface area contributed by atoms with E-state index in [-0.39, 0.29) is 12.6 Å². The quantitative estimate of drug-likeness (QED) is 0.652. The minimum atomic E-state index is -1.04. The maximum Gasteiger partial charge on any atom is 0.323 e. The molecule has 0 fully saturated rings. The Hall–Kier alpha value is -1.70. The average Bonchev–Trinajstić information content (AvgIpc) is 2.15. The molecule has 5 nitrogen and oxygen atoms in total. The number of aliphatic carboxylic acids is 1. The molecule has 5 heteroatoms. The van der Waals surface area contributed by atoms with Crippen LogP contribution in [0.4, 0.5) is 4.79 Å². The lowest BCUT2D eigenvalue weighted by atomic mass is 10.1. The summed E-state index contributed by atoms with van der Waals surface area (Å²) in [5.41, 5.74) is 0. The van der Waals surface area contributed by atoms with Gasteiger partial charge in [-0.15, -0.1) is 12.3 Å². The van der Waals surface area contributed by atoms with Crippen LogP contribution in [-0.2, 0) is 4.79 Å². The number of likely N-dealkylation sites (N-methyl/N-ethyl adjacent to an activating group) is 1. The van der Waals surface area contributed by atoms with Crippen molar-refractivity contribution in [1.82, 2.24) is 10.2 Å². The number of carbonyl (C=O) groups excluding carboxylic acids is 1. The number of nitrogens with zero attached hydrogens (tertiary/aromatic N) is 1. The largest absolute Gasteiger partial charge is 0.480 e. The molecule has 1 atom stereocenters. The number of amides is 2. The predicted molar refractivity (Wildman–Crippen MR) is 56.3 cm³/mol. The molecular weight excluding hydrogens is 196 g/mol. The Balaban J connectivity index is 4.10. The number of carbonyl (C=O) groups is 2. The smallest absolute Gasteiger partial charge is 0.323 e. The summed E-state index contributed by atoms with van der Waals surface area (Å²) in [6.45, 7) is 1.58. The first-order valence-electron chi connectivity index (χ1n) is 4.68. The molecular formula is C10H16N2O3. The van der Waals surface area contributed by atoms with Crippen molar-refractivity contribution in [2.24, 2.45) is 0 Å². The SMILES string of the molecule is C#CCC(CC)NC(=O)N(C)CC(=O)O. The molecule has 0 heterocycles. The summed E-state index contributed by atoms with van der Waals surface area (Å²) >= 11 is 0. The van der Waals surface area contributed by atoms with Gasteiger partial charge in [-0.25, -0.2) is 4.79 Å². The molecule has 0 saturated carbocycles. The van der Waals surface area contributed by atoms with Crippen molar-refractivity contribution in [2.45, 2.75) is 25.8 Å². The number of urea groups is 1. The predicted octanol–water partition coefficient (Wildman–Crippen LogP) is 0.514. The third-order valence-corrected chi connectivity index (χ3v) is 1.90. The fraction of sp³-hybridized carbons (Fsp3) is 0.600. The highest BCUT2D eigenvalue weighted by atomic mass is 16.4. The summed E-state index contributed by atoms with van der Waals surface area (Å²) < 4.78 is 0. The lowest BCUT2D eigenvalue weighted by Crippen LogP contribution is -2.44. The van der Waals surface area contributed by atoms with Crippen LogP contribution in [0.2, 0.25) is 0 Å². The van der Waals surface area contributed by atoms with Gasteiger partial charge >= 0.3 is 12.0 Å². The number of rotatable bonds is 5. The molecule has 84 valence electrons. The van der Waals surface area contributed by atoms with E-state index in [0.29, 0.717) is 6.42 Å². The van der Waals surface area contributed by atoms with Crippen molar-refractivity contribution in [1.29, 1.82) is 0 Å². The van der Waals surface area contributed by atoms with E-state index < -0.39 is 12.0 Å². The van der Waals surface area contributed by atoms with E-state index in [0.717, 1.165) is 11.3 Å². The monoisotopic (exact) mass is 212 g/mol. The van der Waals surface area contributed by atoms with E-state index in [9.17, 15) is 9.59 Å². The van der Waals surface area contributed by atoms with E-state index in [2.05, 4.69) is 11.2 Å². The second-order valence-electron chi connectivity index (χ2n) is 3.21. The summed E-state index contributed by atoms with van der Waals surface area (Å²) in [6, 6.07) is -0.516. The van der Waals surface area contributed by atoms with Gasteiger partial charge in [0.2, 0.25) is 0 Å². The normalized spacial score (nSPS) is 11.3. The molecule has 0 aromatic carbocycles. The molecule has 0 aliphatic rings. The Bertz CT molecular complexity index is 270. The van der Waals surface area contributed by atoms with Gasteiger partial charge in [0.05, 0.1) is 0 Å². The molecule has 0 aliphatic carbocycles. The Morgan fingerprint density at radius 1 is 1.60 bits per heavy atom.